The van der Waals surface area contributed by atoms with Crippen LogP contribution in [-0.4, -0.2) is 21.5 Å². The molecule has 0 radical (unpaired) electrons. The van der Waals surface area contributed by atoms with Crippen molar-refractivity contribution in [1.82, 2.24) is 15.0 Å². The summed E-state index contributed by atoms with van der Waals surface area (Å²) in [6.45, 7) is 3.05. The van der Waals surface area contributed by atoms with Crippen LogP contribution >= 0.6 is 11.3 Å². The van der Waals surface area contributed by atoms with E-state index in [0.717, 1.165) is 29.5 Å². The van der Waals surface area contributed by atoms with Crippen LogP contribution in [0, 0.1) is 0 Å². The lowest BCUT2D eigenvalue weighted by molar-refractivity contribution is 0.966. The second-order valence-electron chi connectivity index (χ2n) is 3.06. The van der Waals surface area contributed by atoms with E-state index >= 15 is 0 Å². The van der Waals surface area contributed by atoms with Crippen LogP contribution in [-0.2, 0) is 0 Å². The number of nitrogens with one attached hydrogen (secondary N) is 1. The highest BCUT2D eigenvalue weighted by molar-refractivity contribution is 7.13. The fourth-order valence-corrected chi connectivity index (χ4v) is 1.72. The SMILES string of the molecule is CCCNc1ccnc(-c2cncs2)n1. The highest BCUT2D eigenvalue weighted by atomic mass is 32.1. The van der Waals surface area contributed by atoms with E-state index in [1.165, 1.54) is 0 Å². The molecule has 0 bridgehead atoms. The van der Waals surface area contributed by atoms with Gasteiger partial charge in [0.2, 0.25) is 0 Å². The molecule has 1 N–H and O–H groups in total. The minimum atomic E-state index is 0.735. The summed E-state index contributed by atoms with van der Waals surface area (Å²) in [5.41, 5.74) is 1.78. The zero-order valence-corrected chi connectivity index (χ0v) is 9.29. The Bertz CT molecular complexity index is 413. The summed E-state index contributed by atoms with van der Waals surface area (Å²) in [6.07, 6.45) is 4.63. The van der Waals surface area contributed by atoms with Gasteiger partial charge < -0.3 is 5.32 Å². The van der Waals surface area contributed by atoms with E-state index in [2.05, 4.69) is 27.2 Å². The predicted octanol–water partition coefficient (Wildman–Crippen LogP) is 2.42. The minimum Gasteiger partial charge on any atom is -0.370 e. The highest BCUT2D eigenvalue weighted by Gasteiger charge is 2.03. The summed E-state index contributed by atoms with van der Waals surface area (Å²) in [5.74, 6) is 1.61. The second kappa shape index (κ2) is 4.84. The van der Waals surface area contributed by atoms with Crippen molar-refractivity contribution in [1.29, 1.82) is 0 Å². The van der Waals surface area contributed by atoms with E-state index < -0.39 is 0 Å². The number of thiazole rings is 1. The van der Waals surface area contributed by atoms with Crippen molar-refractivity contribution in [3.63, 3.8) is 0 Å². The molecule has 0 saturated heterocycles. The van der Waals surface area contributed by atoms with Crippen molar-refractivity contribution in [3.05, 3.63) is 24.0 Å². The van der Waals surface area contributed by atoms with E-state index in [4.69, 9.17) is 0 Å². The Labute approximate surface area is 92.4 Å². The van der Waals surface area contributed by atoms with Crippen LogP contribution in [0.3, 0.4) is 0 Å². The van der Waals surface area contributed by atoms with Gasteiger partial charge in [0.15, 0.2) is 5.82 Å². The van der Waals surface area contributed by atoms with Gasteiger partial charge >= 0.3 is 0 Å². The number of anilines is 1. The topological polar surface area (TPSA) is 50.7 Å². The van der Waals surface area contributed by atoms with E-state index in [0.29, 0.717) is 0 Å². The van der Waals surface area contributed by atoms with Crippen LogP contribution in [0.15, 0.2) is 24.0 Å². The third kappa shape index (κ3) is 2.50. The normalized spacial score (nSPS) is 10.2. The molecule has 0 unspecified atom stereocenters. The Hall–Kier alpha value is -1.49. The van der Waals surface area contributed by atoms with Gasteiger partial charge in [0, 0.05) is 18.9 Å². The van der Waals surface area contributed by atoms with Gasteiger partial charge in [-0.05, 0) is 12.5 Å². The first-order valence-electron chi connectivity index (χ1n) is 4.86. The predicted molar refractivity (Wildman–Crippen MR) is 61.9 cm³/mol. The average Bonchev–Trinajstić information content (AvgIpc) is 2.80. The molecule has 2 rings (SSSR count). The summed E-state index contributed by atoms with van der Waals surface area (Å²) < 4.78 is 0. The van der Waals surface area contributed by atoms with Crippen LogP contribution in [0.1, 0.15) is 13.3 Å². The third-order valence-corrected chi connectivity index (χ3v) is 2.63. The van der Waals surface area contributed by atoms with E-state index in [-0.39, 0.29) is 0 Å². The van der Waals surface area contributed by atoms with Crippen molar-refractivity contribution in [2.45, 2.75) is 13.3 Å². The van der Waals surface area contributed by atoms with Crippen molar-refractivity contribution in [3.8, 4) is 10.7 Å². The molecule has 0 saturated carbocycles. The third-order valence-electron chi connectivity index (χ3n) is 1.86. The molecule has 2 aromatic heterocycles. The molecule has 5 heteroatoms. The summed E-state index contributed by atoms with van der Waals surface area (Å²) in [5, 5.41) is 3.23. The molecule has 78 valence electrons. The Morgan fingerprint density at radius 1 is 1.47 bits per heavy atom. The van der Waals surface area contributed by atoms with E-state index in [1.807, 2.05) is 6.07 Å². The van der Waals surface area contributed by atoms with Crippen LogP contribution in [0.5, 0.6) is 0 Å². The van der Waals surface area contributed by atoms with Gasteiger partial charge in [0.05, 0.1) is 10.4 Å². The lowest BCUT2D eigenvalue weighted by Crippen LogP contribution is -2.02. The van der Waals surface area contributed by atoms with Crippen molar-refractivity contribution in [2.75, 3.05) is 11.9 Å². The molecule has 0 fully saturated rings. The molecule has 0 atom stereocenters. The molecular weight excluding hydrogens is 208 g/mol. The second-order valence-corrected chi connectivity index (χ2v) is 3.94. The van der Waals surface area contributed by atoms with Gasteiger partial charge in [0.25, 0.3) is 0 Å². The quantitative estimate of drug-likeness (QED) is 0.859. The molecule has 0 aromatic carbocycles. The van der Waals surface area contributed by atoms with Crippen molar-refractivity contribution < 1.29 is 0 Å². The molecular formula is C10H12N4S. The number of rotatable bonds is 4. The fourth-order valence-electron chi connectivity index (χ4n) is 1.16. The zero-order chi connectivity index (χ0) is 10.5. The summed E-state index contributed by atoms with van der Waals surface area (Å²) >= 11 is 1.54. The number of hydrogen-bond acceptors (Lipinski definition) is 5. The first kappa shape index (κ1) is 10.0. The maximum Gasteiger partial charge on any atom is 0.173 e. The standard InChI is InChI=1S/C10H12N4S/c1-2-4-12-9-3-5-13-10(14-9)8-6-11-7-15-8/h3,5-7H,2,4H2,1H3,(H,12,13,14). The van der Waals surface area contributed by atoms with Gasteiger partial charge in [-0.3, -0.25) is 4.98 Å². The maximum absolute atomic E-state index is 4.40. The molecule has 2 aromatic rings. The van der Waals surface area contributed by atoms with Crippen LogP contribution < -0.4 is 5.32 Å². The van der Waals surface area contributed by atoms with Crippen LogP contribution in [0.25, 0.3) is 10.7 Å². The Balaban J connectivity index is 2.19. The molecule has 2 heterocycles. The monoisotopic (exact) mass is 220 g/mol. The molecule has 0 aliphatic rings. The first-order valence-corrected chi connectivity index (χ1v) is 5.74. The smallest absolute Gasteiger partial charge is 0.173 e. The largest absolute Gasteiger partial charge is 0.370 e. The van der Waals surface area contributed by atoms with E-state index in [1.54, 1.807) is 29.2 Å². The lowest BCUT2D eigenvalue weighted by atomic mass is 10.4. The first-order chi connectivity index (χ1) is 7.40. The number of aromatic nitrogens is 3. The number of hydrogen-bond donors (Lipinski definition) is 1. The highest BCUT2D eigenvalue weighted by Crippen LogP contribution is 2.19. The minimum absolute atomic E-state index is 0.735. The summed E-state index contributed by atoms with van der Waals surface area (Å²) in [7, 11) is 0. The van der Waals surface area contributed by atoms with Gasteiger partial charge in [-0.25, -0.2) is 9.97 Å². The maximum atomic E-state index is 4.40. The van der Waals surface area contributed by atoms with Gasteiger partial charge in [0.1, 0.15) is 5.82 Å². The number of nitrogens with zero attached hydrogens (tertiary/aromatic N) is 3. The van der Waals surface area contributed by atoms with Crippen LogP contribution in [0.2, 0.25) is 0 Å². The zero-order valence-electron chi connectivity index (χ0n) is 8.47. The lowest BCUT2D eigenvalue weighted by Gasteiger charge is -2.03. The summed E-state index contributed by atoms with van der Waals surface area (Å²) in [4.78, 5) is 13.6. The fraction of sp³-hybridized carbons (Fsp3) is 0.300. The van der Waals surface area contributed by atoms with Gasteiger partial charge in [-0.1, -0.05) is 6.92 Å². The molecule has 4 nitrogen and oxygen atoms in total. The van der Waals surface area contributed by atoms with Crippen molar-refractivity contribution >= 4 is 17.2 Å². The van der Waals surface area contributed by atoms with Crippen LogP contribution in [0.4, 0.5) is 5.82 Å². The molecule has 0 amide bonds. The van der Waals surface area contributed by atoms with Gasteiger partial charge in [-0.2, -0.15) is 0 Å². The molecule has 0 aliphatic carbocycles. The Kier molecular flexibility index (Phi) is 3.24. The van der Waals surface area contributed by atoms with Crippen molar-refractivity contribution in [2.24, 2.45) is 0 Å². The Morgan fingerprint density at radius 3 is 3.13 bits per heavy atom. The molecule has 15 heavy (non-hydrogen) atoms. The average molecular weight is 220 g/mol. The van der Waals surface area contributed by atoms with E-state index in [9.17, 15) is 0 Å². The van der Waals surface area contributed by atoms with Gasteiger partial charge in [-0.15, -0.1) is 11.3 Å². The Morgan fingerprint density at radius 2 is 2.40 bits per heavy atom. The molecule has 0 spiro atoms. The summed E-state index contributed by atoms with van der Waals surface area (Å²) in [6, 6.07) is 1.88. The molecule has 0 aliphatic heterocycles.